The smallest absolute Gasteiger partial charge is 0.270 e. The SMILES string of the molecule is CCCCc1ccc2c(N)c(C(=O)N3CCc4ccccc43)sc2n1. The molecule has 2 N–H and O–H groups in total. The van der Waals surface area contributed by atoms with Crippen molar-refractivity contribution in [1.29, 1.82) is 0 Å². The van der Waals surface area contributed by atoms with Crippen molar-refractivity contribution in [2.45, 2.75) is 32.6 Å². The first kappa shape index (κ1) is 16.1. The molecule has 0 radical (unpaired) electrons. The number of anilines is 2. The van der Waals surface area contributed by atoms with E-state index in [4.69, 9.17) is 10.7 Å². The lowest BCUT2D eigenvalue weighted by atomic mass is 10.1. The summed E-state index contributed by atoms with van der Waals surface area (Å²) in [4.78, 5) is 21.1. The van der Waals surface area contributed by atoms with Gasteiger partial charge in [0.05, 0.1) is 5.69 Å². The van der Waals surface area contributed by atoms with Crippen molar-refractivity contribution in [3.05, 3.63) is 52.5 Å². The lowest BCUT2D eigenvalue weighted by Crippen LogP contribution is -2.28. The van der Waals surface area contributed by atoms with E-state index in [9.17, 15) is 4.79 Å². The number of unbranched alkanes of at least 4 members (excludes halogenated alkanes) is 1. The molecular formula is C20H21N3OS. The molecule has 0 atom stereocenters. The number of nitrogens with two attached hydrogens (primary N) is 1. The van der Waals surface area contributed by atoms with Gasteiger partial charge in [-0.05, 0) is 43.0 Å². The van der Waals surface area contributed by atoms with Gasteiger partial charge in [-0.3, -0.25) is 4.79 Å². The second kappa shape index (κ2) is 6.48. The average molecular weight is 351 g/mol. The maximum atomic E-state index is 13.1. The minimum absolute atomic E-state index is 0.0134. The van der Waals surface area contributed by atoms with E-state index in [1.807, 2.05) is 35.2 Å². The number of aromatic nitrogens is 1. The molecule has 4 rings (SSSR count). The largest absolute Gasteiger partial charge is 0.397 e. The van der Waals surface area contributed by atoms with E-state index in [0.717, 1.165) is 47.3 Å². The summed E-state index contributed by atoms with van der Waals surface area (Å²) in [6, 6.07) is 12.1. The molecule has 0 saturated carbocycles. The highest BCUT2D eigenvalue weighted by Gasteiger charge is 2.28. The van der Waals surface area contributed by atoms with Gasteiger partial charge < -0.3 is 10.6 Å². The molecule has 0 bridgehead atoms. The number of nitrogens with zero attached hydrogens (tertiary/aromatic N) is 2. The molecule has 1 aromatic carbocycles. The molecule has 0 aliphatic carbocycles. The van der Waals surface area contributed by atoms with Gasteiger partial charge in [0.25, 0.3) is 5.91 Å². The quantitative estimate of drug-likeness (QED) is 0.757. The molecule has 5 heteroatoms. The fourth-order valence-corrected chi connectivity index (χ4v) is 4.42. The van der Waals surface area contributed by atoms with Gasteiger partial charge in [-0.25, -0.2) is 4.98 Å². The zero-order valence-corrected chi connectivity index (χ0v) is 15.1. The minimum Gasteiger partial charge on any atom is -0.397 e. The monoisotopic (exact) mass is 351 g/mol. The van der Waals surface area contributed by atoms with Gasteiger partial charge in [-0.1, -0.05) is 31.5 Å². The Bertz CT molecular complexity index is 947. The number of carbonyl (C=O) groups excluding carboxylic acids is 1. The van der Waals surface area contributed by atoms with Gasteiger partial charge in [0, 0.05) is 23.3 Å². The van der Waals surface area contributed by atoms with Gasteiger partial charge >= 0.3 is 0 Å². The van der Waals surface area contributed by atoms with Crippen molar-refractivity contribution in [2.75, 3.05) is 17.2 Å². The summed E-state index contributed by atoms with van der Waals surface area (Å²) in [6.07, 6.45) is 4.12. The van der Waals surface area contributed by atoms with E-state index in [1.165, 1.54) is 16.9 Å². The minimum atomic E-state index is -0.0134. The summed E-state index contributed by atoms with van der Waals surface area (Å²) < 4.78 is 0. The number of fused-ring (bicyclic) bond motifs is 2. The van der Waals surface area contributed by atoms with Gasteiger partial charge in [-0.15, -0.1) is 11.3 Å². The van der Waals surface area contributed by atoms with E-state index in [-0.39, 0.29) is 5.91 Å². The topological polar surface area (TPSA) is 59.2 Å². The number of hydrogen-bond acceptors (Lipinski definition) is 4. The number of benzene rings is 1. The summed E-state index contributed by atoms with van der Waals surface area (Å²) in [5.41, 5.74) is 10.1. The van der Waals surface area contributed by atoms with Gasteiger partial charge in [0.2, 0.25) is 0 Å². The van der Waals surface area contributed by atoms with Crippen LogP contribution in [0.4, 0.5) is 11.4 Å². The van der Waals surface area contributed by atoms with Crippen LogP contribution in [0.3, 0.4) is 0 Å². The Labute approximate surface area is 151 Å². The molecule has 1 aliphatic heterocycles. The van der Waals surface area contributed by atoms with Crippen LogP contribution in [0.5, 0.6) is 0 Å². The number of nitrogen functional groups attached to an aromatic ring is 1. The lowest BCUT2D eigenvalue weighted by Gasteiger charge is -2.16. The second-order valence-electron chi connectivity index (χ2n) is 6.44. The maximum absolute atomic E-state index is 13.1. The highest BCUT2D eigenvalue weighted by Crippen LogP contribution is 2.36. The number of thiophene rings is 1. The number of pyridine rings is 1. The molecule has 0 fully saturated rings. The molecule has 25 heavy (non-hydrogen) atoms. The van der Waals surface area contributed by atoms with Crippen molar-refractivity contribution in [3.63, 3.8) is 0 Å². The molecule has 0 unspecified atom stereocenters. The van der Waals surface area contributed by atoms with Crippen LogP contribution in [0.1, 0.15) is 40.7 Å². The second-order valence-corrected chi connectivity index (χ2v) is 7.44. The Morgan fingerprint density at radius 3 is 2.96 bits per heavy atom. The predicted octanol–water partition coefficient (Wildman–Crippen LogP) is 4.42. The van der Waals surface area contributed by atoms with Crippen LogP contribution in [-0.4, -0.2) is 17.4 Å². The highest BCUT2D eigenvalue weighted by atomic mass is 32.1. The van der Waals surface area contributed by atoms with E-state index in [1.54, 1.807) is 0 Å². The van der Waals surface area contributed by atoms with Crippen LogP contribution < -0.4 is 10.6 Å². The first-order valence-electron chi connectivity index (χ1n) is 8.76. The van der Waals surface area contributed by atoms with Crippen molar-refractivity contribution >= 4 is 38.8 Å². The number of rotatable bonds is 4. The first-order valence-corrected chi connectivity index (χ1v) is 9.58. The van der Waals surface area contributed by atoms with Gasteiger partial charge in [-0.2, -0.15) is 0 Å². The Balaban J connectivity index is 1.69. The number of carbonyl (C=O) groups is 1. The van der Waals surface area contributed by atoms with E-state index >= 15 is 0 Å². The van der Waals surface area contributed by atoms with Crippen LogP contribution in [0.15, 0.2) is 36.4 Å². The van der Waals surface area contributed by atoms with Crippen molar-refractivity contribution in [1.82, 2.24) is 4.98 Å². The third kappa shape index (κ3) is 2.78. The lowest BCUT2D eigenvalue weighted by molar-refractivity contribution is 0.0994. The molecule has 1 aliphatic rings. The summed E-state index contributed by atoms with van der Waals surface area (Å²) >= 11 is 1.41. The van der Waals surface area contributed by atoms with Crippen molar-refractivity contribution in [3.8, 4) is 0 Å². The number of para-hydroxylation sites is 1. The third-order valence-electron chi connectivity index (χ3n) is 4.76. The standard InChI is InChI=1S/C20H21N3OS/c1-2-3-7-14-9-10-15-17(21)18(25-19(15)22-14)20(24)23-12-11-13-6-4-5-8-16(13)23/h4-6,8-10H,2-3,7,11-12,21H2,1H3. The van der Waals surface area contributed by atoms with E-state index in [0.29, 0.717) is 17.1 Å². The van der Waals surface area contributed by atoms with E-state index in [2.05, 4.69) is 13.0 Å². The fraction of sp³-hybridized carbons (Fsp3) is 0.300. The first-order chi connectivity index (χ1) is 12.2. The van der Waals surface area contributed by atoms with Crippen LogP contribution in [0.25, 0.3) is 10.2 Å². The van der Waals surface area contributed by atoms with E-state index < -0.39 is 0 Å². The maximum Gasteiger partial charge on any atom is 0.270 e. The summed E-state index contributed by atoms with van der Waals surface area (Å²) in [5.74, 6) is -0.0134. The molecule has 4 nitrogen and oxygen atoms in total. The van der Waals surface area contributed by atoms with Crippen molar-refractivity contribution < 1.29 is 4.79 Å². The highest BCUT2D eigenvalue weighted by molar-refractivity contribution is 7.21. The molecule has 3 heterocycles. The third-order valence-corrected chi connectivity index (χ3v) is 5.87. The van der Waals surface area contributed by atoms with Crippen LogP contribution in [0, 0.1) is 0 Å². The van der Waals surface area contributed by atoms with Crippen molar-refractivity contribution in [2.24, 2.45) is 0 Å². The molecule has 0 spiro atoms. The zero-order valence-electron chi connectivity index (χ0n) is 14.3. The molecule has 2 aromatic heterocycles. The van der Waals surface area contributed by atoms with Crippen LogP contribution in [0.2, 0.25) is 0 Å². The number of hydrogen-bond donors (Lipinski definition) is 1. The summed E-state index contributed by atoms with van der Waals surface area (Å²) in [6.45, 7) is 2.88. The molecule has 128 valence electrons. The Kier molecular flexibility index (Phi) is 4.17. The van der Waals surface area contributed by atoms with Crippen LogP contribution >= 0.6 is 11.3 Å². The normalized spacial score (nSPS) is 13.4. The Morgan fingerprint density at radius 1 is 1.28 bits per heavy atom. The van der Waals surface area contributed by atoms with Crippen LogP contribution in [-0.2, 0) is 12.8 Å². The summed E-state index contributed by atoms with van der Waals surface area (Å²) in [7, 11) is 0. The fourth-order valence-electron chi connectivity index (χ4n) is 3.36. The molecule has 1 amide bonds. The number of aryl methyl sites for hydroxylation is 1. The molecule has 0 saturated heterocycles. The average Bonchev–Trinajstić information content (AvgIpc) is 3.21. The van der Waals surface area contributed by atoms with Gasteiger partial charge in [0.15, 0.2) is 0 Å². The molecular weight excluding hydrogens is 330 g/mol. The molecule has 3 aromatic rings. The Hall–Kier alpha value is -2.40. The zero-order chi connectivity index (χ0) is 17.4. The number of amides is 1. The predicted molar refractivity (Wildman–Crippen MR) is 104 cm³/mol. The van der Waals surface area contributed by atoms with Gasteiger partial charge in [0.1, 0.15) is 9.71 Å². The summed E-state index contributed by atoms with van der Waals surface area (Å²) in [5, 5.41) is 0.890. The Morgan fingerprint density at radius 2 is 2.12 bits per heavy atom.